The van der Waals surface area contributed by atoms with E-state index in [1.807, 2.05) is 6.20 Å². The SMILES string of the molecule is CCC(C)CNCCc1ncc[nH]1. The molecule has 0 aromatic carbocycles. The molecule has 0 saturated carbocycles. The van der Waals surface area contributed by atoms with Gasteiger partial charge in [0.25, 0.3) is 0 Å². The van der Waals surface area contributed by atoms with Gasteiger partial charge in [0, 0.05) is 25.4 Å². The predicted octanol–water partition coefficient (Wildman–Crippen LogP) is 1.59. The standard InChI is InChI=1S/C10H19N3/c1-3-9(2)8-11-5-4-10-12-6-7-13-10/h6-7,9,11H,3-5,8H2,1-2H3,(H,12,13). The van der Waals surface area contributed by atoms with Crippen LogP contribution in [0, 0.1) is 5.92 Å². The Morgan fingerprint density at radius 2 is 2.46 bits per heavy atom. The van der Waals surface area contributed by atoms with Crippen LogP contribution < -0.4 is 5.32 Å². The molecule has 0 amide bonds. The van der Waals surface area contributed by atoms with Crippen molar-refractivity contribution in [3.8, 4) is 0 Å². The van der Waals surface area contributed by atoms with E-state index in [2.05, 4.69) is 29.1 Å². The van der Waals surface area contributed by atoms with Gasteiger partial charge >= 0.3 is 0 Å². The summed E-state index contributed by atoms with van der Waals surface area (Å²) in [6, 6.07) is 0. The summed E-state index contributed by atoms with van der Waals surface area (Å²) in [5.41, 5.74) is 0. The van der Waals surface area contributed by atoms with Crippen LogP contribution in [0.2, 0.25) is 0 Å². The van der Waals surface area contributed by atoms with E-state index in [9.17, 15) is 0 Å². The molecule has 74 valence electrons. The lowest BCUT2D eigenvalue weighted by Gasteiger charge is -2.08. The van der Waals surface area contributed by atoms with Crippen LogP contribution in [0.15, 0.2) is 12.4 Å². The lowest BCUT2D eigenvalue weighted by Crippen LogP contribution is -2.23. The third kappa shape index (κ3) is 4.08. The molecule has 0 fully saturated rings. The van der Waals surface area contributed by atoms with E-state index in [1.165, 1.54) is 6.42 Å². The molecule has 3 heteroatoms. The summed E-state index contributed by atoms with van der Waals surface area (Å²) in [6.45, 7) is 6.60. The Morgan fingerprint density at radius 1 is 1.62 bits per heavy atom. The number of nitrogens with one attached hydrogen (secondary N) is 2. The highest BCUT2D eigenvalue weighted by Gasteiger charge is 1.98. The van der Waals surface area contributed by atoms with E-state index in [1.54, 1.807) is 6.20 Å². The summed E-state index contributed by atoms with van der Waals surface area (Å²) in [6.07, 6.45) is 5.89. The normalized spacial score (nSPS) is 13.1. The Hall–Kier alpha value is -0.830. The van der Waals surface area contributed by atoms with Crippen LogP contribution in [0.25, 0.3) is 0 Å². The first-order valence-corrected chi connectivity index (χ1v) is 5.02. The van der Waals surface area contributed by atoms with E-state index in [-0.39, 0.29) is 0 Å². The van der Waals surface area contributed by atoms with Crippen LogP contribution in [0.4, 0.5) is 0 Å². The molecule has 0 saturated heterocycles. The zero-order chi connectivity index (χ0) is 9.52. The maximum atomic E-state index is 4.16. The molecule has 1 atom stereocenters. The van der Waals surface area contributed by atoms with E-state index in [4.69, 9.17) is 0 Å². The quantitative estimate of drug-likeness (QED) is 0.654. The van der Waals surface area contributed by atoms with Crippen molar-refractivity contribution in [3.63, 3.8) is 0 Å². The molecule has 3 nitrogen and oxygen atoms in total. The Morgan fingerprint density at radius 3 is 3.08 bits per heavy atom. The molecule has 1 unspecified atom stereocenters. The average Bonchev–Trinajstić information content (AvgIpc) is 2.64. The fraction of sp³-hybridized carbons (Fsp3) is 0.700. The van der Waals surface area contributed by atoms with Crippen molar-refractivity contribution in [2.45, 2.75) is 26.7 Å². The monoisotopic (exact) mass is 181 g/mol. The second-order valence-electron chi connectivity index (χ2n) is 3.50. The van der Waals surface area contributed by atoms with Crippen molar-refractivity contribution in [1.82, 2.24) is 15.3 Å². The van der Waals surface area contributed by atoms with Crippen molar-refractivity contribution in [1.29, 1.82) is 0 Å². The molecule has 1 rings (SSSR count). The summed E-state index contributed by atoms with van der Waals surface area (Å²) in [5.74, 6) is 1.84. The molecule has 13 heavy (non-hydrogen) atoms. The van der Waals surface area contributed by atoms with Gasteiger partial charge in [-0.3, -0.25) is 0 Å². The molecular formula is C10H19N3. The van der Waals surface area contributed by atoms with E-state index in [0.717, 1.165) is 31.3 Å². The first kappa shape index (κ1) is 10.3. The van der Waals surface area contributed by atoms with Crippen LogP contribution in [0.3, 0.4) is 0 Å². The first-order valence-electron chi connectivity index (χ1n) is 5.02. The van der Waals surface area contributed by atoms with Gasteiger partial charge in [-0.2, -0.15) is 0 Å². The minimum absolute atomic E-state index is 0.775. The zero-order valence-corrected chi connectivity index (χ0v) is 8.51. The lowest BCUT2D eigenvalue weighted by molar-refractivity contribution is 0.500. The maximum Gasteiger partial charge on any atom is 0.107 e. The lowest BCUT2D eigenvalue weighted by atomic mass is 10.1. The van der Waals surface area contributed by atoms with E-state index >= 15 is 0 Å². The Bertz CT molecular complexity index is 206. The largest absolute Gasteiger partial charge is 0.349 e. The minimum atomic E-state index is 0.775. The van der Waals surface area contributed by atoms with Gasteiger partial charge in [-0.05, 0) is 12.5 Å². The highest BCUT2D eigenvalue weighted by molar-refractivity contribution is 4.87. The second-order valence-corrected chi connectivity index (χ2v) is 3.50. The van der Waals surface area contributed by atoms with Crippen LogP contribution in [0.1, 0.15) is 26.1 Å². The summed E-state index contributed by atoms with van der Waals surface area (Å²) >= 11 is 0. The fourth-order valence-electron chi connectivity index (χ4n) is 1.13. The van der Waals surface area contributed by atoms with Gasteiger partial charge in [-0.15, -0.1) is 0 Å². The molecule has 0 aliphatic carbocycles. The number of nitrogens with zero attached hydrogens (tertiary/aromatic N) is 1. The highest BCUT2D eigenvalue weighted by atomic mass is 14.9. The number of aromatic amines is 1. The fourth-order valence-corrected chi connectivity index (χ4v) is 1.13. The van der Waals surface area contributed by atoms with Crippen LogP contribution in [-0.2, 0) is 6.42 Å². The Labute approximate surface area is 80.0 Å². The smallest absolute Gasteiger partial charge is 0.107 e. The highest BCUT2D eigenvalue weighted by Crippen LogP contribution is 1.97. The minimum Gasteiger partial charge on any atom is -0.349 e. The topological polar surface area (TPSA) is 40.7 Å². The summed E-state index contributed by atoms with van der Waals surface area (Å²) in [7, 11) is 0. The Balaban J connectivity index is 2.02. The predicted molar refractivity (Wildman–Crippen MR) is 54.6 cm³/mol. The zero-order valence-electron chi connectivity index (χ0n) is 8.51. The average molecular weight is 181 g/mol. The number of rotatable bonds is 6. The molecule has 2 N–H and O–H groups in total. The molecule has 0 aliphatic heterocycles. The maximum absolute atomic E-state index is 4.16. The number of imidazole rings is 1. The van der Waals surface area contributed by atoms with Crippen LogP contribution >= 0.6 is 0 Å². The van der Waals surface area contributed by atoms with Gasteiger partial charge in [-0.25, -0.2) is 4.98 Å². The van der Waals surface area contributed by atoms with Gasteiger partial charge in [0.15, 0.2) is 0 Å². The van der Waals surface area contributed by atoms with Gasteiger partial charge in [-0.1, -0.05) is 20.3 Å². The molecule has 1 aromatic rings. The molecule has 1 aromatic heterocycles. The van der Waals surface area contributed by atoms with Crippen molar-refractivity contribution in [2.24, 2.45) is 5.92 Å². The van der Waals surface area contributed by atoms with Crippen molar-refractivity contribution in [3.05, 3.63) is 18.2 Å². The number of H-pyrrole nitrogens is 1. The van der Waals surface area contributed by atoms with Gasteiger partial charge < -0.3 is 10.3 Å². The summed E-state index contributed by atoms with van der Waals surface area (Å²) < 4.78 is 0. The number of aromatic nitrogens is 2. The molecule has 1 heterocycles. The molecule has 0 radical (unpaired) electrons. The van der Waals surface area contributed by atoms with Gasteiger partial charge in [0.1, 0.15) is 5.82 Å². The number of hydrogen-bond acceptors (Lipinski definition) is 2. The first-order chi connectivity index (χ1) is 6.33. The van der Waals surface area contributed by atoms with E-state index in [0.29, 0.717) is 0 Å². The van der Waals surface area contributed by atoms with Crippen LogP contribution in [0.5, 0.6) is 0 Å². The third-order valence-corrected chi connectivity index (χ3v) is 2.28. The molecule has 0 spiro atoms. The van der Waals surface area contributed by atoms with Crippen molar-refractivity contribution >= 4 is 0 Å². The van der Waals surface area contributed by atoms with Gasteiger partial charge in [0.05, 0.1) is 0 Å². The van der Waals surface area contributed by atoms with Gasteiger partial charge in [0.2, 0.25) is 0 Å². The van der Waals surface area contributed by atoms with Crippen molar-refractivity contribution in [2.75, 3.05) is 13.1 Å². The Kier molecular flexibility index (Phi) is 4.54. The summed E-state index contributed by atoms with van der Waals surface area (Å²) in [4.78, 5) is 7.25. The molecular weight excluding hydrogens is 162 g/mol. The number of hydrogen-bond donors (Lipinski definition) is 2. The van der Waals surface area contributed by atoms with Crippen molar-refractivity contribution < 1.29 is 0 Å². The summed E-state index contributed by atoms with van der Waals surface area (Å²) in [5, 5.41) is 3.41. The third-order valence-electron chi connectivity index (χ3n) is 2.28. The van der Waals surface area contributed by atoms with E-state index < -0.39 is 0 Å². The second kappa shape index (κ2) is 5.75. The van der Waals surface area contributed by atoms with Crippen LogP contribution in [-0.4, -0.2) is 23.1 Å². The molecule has 0 bridgehead atoms. The molecule has 0 aliphatic rings.